The van der Waals surface area contributed by atoms with Gasteiger partial charge in [0.1, 0.15) is 0 Å². The van der Waals surface area contributed by atoms with Crippen LogP contribution in [0.15, 0.2) is 24.3 Å². The molecule has 1 amide bonds. The Morgan fingerprint density at radius 1 is 1.22 bits per heavy atom. The zero-order valence-electron chi connectivity index (χ0n) is 16.3. The van der Waals surface area contributed by atoms with Crippen molar-refractivity contribution in [1.82, 2.24) is 4.90 Å². The molecule has 2 heterocycles. The predicted octanol–water partition coefficient (Wildman–Crippen LogP) is 3.45. The lowest BCUT2D eigenvalue weighted by molar-refractivity contribution is -0.141. The molecule has 1 atom stereocenters. The van der Waals surface area contributed by atoms with Gasteiger partial charge in [-0.3, -0.25) is 4.79 Å². The van der Waals surface area contributed by atoms with Crippen molar-refractivity contribution in [2.75, 3.05) is 33.9 Å². The third-order valence-corrected chi connectivity index (χ3v) is 6.32. The minimum Gasteiger partial charge on any atom is -0.493 e. The van der Waals surface area contributed by atoms with Crippen LogP contribution in [-0.2, 0) is 21.6 Å². The average molecular weight is 371 g/mol. The van der Waals surface area contributed by atoms with E-state index in [2.05, 4.69) is 24.3 Å². The van der Waals surface area contributed by atoms with Crippen LogP contribution in [0.3, 0.4) is 0 Å². The van der Waals surface area contributed by atoms with Crippen LogP contribution in [0.4, 0.5) is 0 Å². The van der Waals surface area contributed by atoms with Crippen LogP contribution >= 0.6 is 0 Å². The maximum atomic E-state index is 12.7. The highest BCUT2D eigenvalue weighted by molar-refractivity contribution is 5.77. The Bertz CT molecular complexity index is 734. The van der Waals surface area contributed by atoms with E-state index in [1.165, 1.54) is 11.1 Å². The van der Waals surface area contributed by atoms with Crippen LogP contribution in [0.5, 0.6) is 11.5 Å². The van der Waals surface area contributed by atoms with E-state index < -0.39 is 0 Å². The normalized spacial score (nSPS) is 23.3. The zero-order valence-corrected chi connectivity index (χ0v) is 16.3. The second-order valence-corrected chi connectivity index (χ2v) is 7.81. The Hall–Kier alpha value is -2.01. The van der Waals surface area contributed by atoms with Gasteiger partial charge < -0.3 is 19.1 Å². The van der Waals surface area contributed by atoms with Crippen LogP contribution in [0, 0.1) is 5.92 Å². The largest absolute Gasteiger partial charge is 0.493 e. The SMILES string of the molecule is COc1cc2c(cc1OC)C1(CCN(C(=O)CC3C=CCC3)CC1)OCC2. The van der Waals surface area contributed by atoms with Crippen LogP contribution in [0.25, 0.3) is 0 Å². The number of piperidine rings is 1. The highest BCUT2D eigenvalue weighted by atomic mass is 16.5. The number of ether oxygens (including phenoxy) is 3. The summed E-state index contributed by atoms with van der Waals surface area (Å²) in [6.45, 7) is 2.22. The van der Waals surface area contributed by atoms with Gasteiger partial charge in [-0.1, -0.05) is 12.2 Å². The van der Waals surface area contributed by atoms with Crippen molar-refractivity contribution >= 4 is 5.91 Å². The summed E-state index contributed by atoms with van der Waals surface area (Å²) >= 11 is 0. The Kier molecular flexibility index (Phi) is 5.13. The molecule has 1 aromatic carbocycles. The molecule has 0 saturated carbocycles. The molecular weight excluding hydrogens is 342 g/mol. The Labute approximate surface area is 161 Å². The molecule has 3 aliphatic rings. The molecule has 1 fully saturated rings. The number of likely N-dealkylation sites (tertiary alicyclic amines) is 1. The molecule has 1 aromatic rings. The van der Waals surface area contributed by atoms with Crippen LogP contribution < -0.4 is 9.47 Å². The Morgan fingerprint density at radius 3 is 2.63 bits per heavy atom. The summed E-state index contributed by atoms with van der Waals surface area (Å²) in [7, 11) is 3.34. The molecule has 1 saturated heterocycles. The number of methoxy groups -OCH3 is 2. The maximum absolute atomic E-state index is 12.7. The summed E-state index contributed by atoms with van der Waals surface area (Å²) in [6, 6.07) is 4.16. The van der Waals surface area contributed by atoms with Gasteiger partial charge >= 0.3 is 0 Å². The van der Waals surface area contributed by atoms with Crippen molar-refractivity contribution in [1.29, 1.82) is 0 Å². The zero-order chi connectivity index (χ0) is 18.9. The predicted molar refractivity (Wildman–Crippen MR) is 103 cm³/mol. The molecule has 0 radical (unpaired) electrons. The highest BCUT2D eigenvalue weighted by Crippen LogP contribution is 2.45. The van der Waals surface area contributed by atoms with E-state index in [4.69, 9.17) is 14.2 Å². The van der Waals surface area contributed by atoms with Crippen molar-refractivity contribution in [3.63, 3.8) is 0 Å². The minimum atomic E-state index is -0.308. The van der Waals surface area contributed by atoms with Crippen molar-refractivity contribution in [3.05, 3.63) is 35.4 Å². The third-order valence-electron chi connectivity index (χ3n) is 6.32. The fraction of sp³-hybridized carbons (Fsp3) is 0.591. The number of hydrogen-bond donors (Lipinski definition) is 0. The molecule has 27 heavy (non-hydrogen) atoms. The first-order valence-corrected chi connectivity index (χ1v) is 9.99. The topological polar surface area (TPSA) is 48.0 Å². The lowest BCUT2D eigenvalue weighted by atomic mass is 9.79. The van der Waals surface area contributed by atoms with Gasteiger partial charge in [-0.05, 0) is 61.3 Å². The molecule has 0 N–H and O–H groups in total. The van der Waals surface area contributed by atoms with Gasteiger partial charge in [0.25, 0.3) is 0 Å². The molecule has 5 heteroatoms. The summed E-state index contributed by atoms with van der Waals surface area (Å²) in [6.07, 6.45) is 9.81. The molecular formula is C22H29NO4. The number of allylic oxidation sites excluding steroid dienone is 2. The van der Waals surface area contributed by atoms with E-state index in [-0.39, 0.29) is 11.5 Å². The number of rotatable bonds is 4. The van der Waals surface area contributed by atoms with Crippen LogP contribution in [-0.4, -0.2) is 44.7 Å². The first-order chi connectivity index (χ1) is 13.1. The second-order valence-electron chi connectivity index (χ2n) is 7.81. The number of carbonyl (C=O) groups is 1. The van der Waals surface area contributed by atoms with E-state index in [1.807, 2.05) is 4.90 Å². The molecule has 0 bridgehead atoms. The molecule has 2 aliphatic heterocycles. The highest BCUT2D eigenvalue weighted by Gasteiger charge is 2.42. The van der Waals surface area contributed by atoms with Gasteiger partial charge in [-0.25, -0.2) is 0 Å². The monoisotopic (exact) mass is 371 g/mol. The Morgan fingerprint density at radius 2 is 1.96 bits per heavy atom. The van der Waals surface area contributed by atoms with Crippen molar-refractivity contribution in [2.24, 2.45) is 5.92 Å². The number of nitrogens with zero attached hydrogens (tertiary/aromatic N) is 1. The molecule has 4 rings (SSSR count). The second kappa shape index (κ2) is 7.55. The van der Waals surface area contributed by atoms with Gasteiger partial charge in [-0.15, -0.1) is 0 Å². The lowest BCUT2D eigenvalue weighted by Gasteiger charge is -2.45. The van der Waals surface area contributed by atoms with Crippen LogP contribution in [0.2, 0.25) is 0 Å². The average Bonchev–Trinajstić information content (AvgIpc) is 3.21. The van der Waals surface area contributed by atoms with Gasteiger partial charge in [-0.2, -0.15) is 0 Å². The summed E-state index contributed by atoms with van der Waals surface area (Å²) < 4.78 is 17.3. The summed E-state index contributed by atoms with van der Waals surface area (Å²) in [5.74, 6) is 2.22. The fourth-order valence-electron chi connectivity index (χ4n) is 4.74. The molecule has 0 aromatic heterocycles. The molecule has 1 spiro atoms. The summed E-state index contributed by atoms with van der Waals surface area (Å²) in [5.41, 5.74) is 2.17. The van der Waals surface area contributed by atoms with Crippen LogP contribution in [0.1, 0.15) is 43.2 Å². The van der Waals surface area contributed by atoms with Gasteiger partial charge in [0.15, 0.2) is 11.5 Å². The maximum Gasteiger partial charge on any atom is 0.223 e. The fourth-order valence-corrected chi connectivity index (χ4v) is 4.74. The summed E-state index contributed by atoms with van der Waals surface area (Å²) in [4.78, 5) is 14.7. The standard InChI is InChI=1S/C22H29NO4/c1-25-19-14-17-7-12-27-22(18(17)15-20(19)26-2)8-10-23(11-9-22)21(24)13-16-5-3-4-6-16/h3,5,14-16H,4,6-13H2,1-2H3. The van der Waals surface area contributed by atoms with Gasteiger partial charge in [0, 0.05) is 19.5 Å². The third kappa shape index (κ3) is 3.45. The molecule has 5 nitrogen and oxygen atoms in total. The minimum absolute atomic E-state index is 0.282. The number of carbonyl (C=O) groups excluding carboxylic acids is 1. The van der Waals surface area contributed by atoms with Crippen molar-refractivity contribution in [3.8, 4) is 11.5 Å². The summed E-state index contributed by atoms with van der Waals surface area (Å²) in [5, 5.41) is 0. The number of benzene rings is 1. The smallest absolute Gasteiger partial charge is 0.223 e. The van der Waals surface area contributed by atoms with Gasteiger partial charge in [0.05, 0.1) is 26.4 Å². The molecule has 1 aliphatic carbocycles. The first kappa shape index (κ1) is 18.4. The van der Waals surface area contributed by atoms with E-state index in [9.17, 15) is 4.79 Å². The van der Waals surface area contributed by atoms with E-state index in [0.29, 0.717) is 18.9 Å². The molecule has 146 valence electrons. The first-order valence-electron chi connectivity index (χ1n) is 9.99. The van der Waals surface area contributed by atoms with E-state index in [1.54, 1.807) is 14.2 Å². The van der Waals surface area contributed by atoms with E-state index in [0.717, 1.165) is 56.7 Å². The van der Waals surface area contributed by atoms with E-state index >= 15 is 0 Å². The number of amides is 1. The number of hydrogen-bond acceptors (Lipinski definition) is 4. The number of fused-ring (bicyclic) bond motifs is 2. The van der Waals surface area contributed by atoms with Gasteiger partial charge in [0.2, 0.25) is 5.91 Å². The van der Waals surface area contributed by atoms with Crippen molar-refractivity contribution < 1.29 is 19.0 Å². The molecule has 1 unspecified atom stereocenters. The lowest BCUT2D eigenvalue weighted by Crippen LogP contribution is -2.48. The van der Waals surface area contributed by atoms with Crippen molar-refractivity contribution in [2.45, 2.75) is 44.1 Å². The quantitative estimate of drug-likeness (QED) is 0.761. The Balaban J connectivity index is 1.50.